The van der Waals surface area contributed by atoms with Gasteiger partial charge in [-0.2, -0.15) is 8.42 Å². The molecule has 0 spiro atoms. The van der Waals surface area contributed by atoms with E-state index in [9.17, 15) is 18.0 Å². The van der Waals surface area contributed by atoms with Gasteiger partial charge in [0.1, 0.15) is 16.2 Å². The van der Waals surface area contributed by atoms with Crippen LogP contribution in [0.2, 0.25) is 0 Å². The molecule has 0 radical (unpaired) electrons. The van der Waals surface area contributed by atoms with Crippen molar-refractivity contribution in [3.8, 4) is 5.75 Å². The van der Waals surface area contributed by atoms with Gasteiger partial charge in [-0.05, 0) is 57.5 Å². The van der Waals surface area contributed by atoms with Crippen LogP contribution in [-0.4, -0.2) is 39.7 Å². The third kappa shape index (κ3) is 7.29. The molecule has 1 atom stereocenters. The lowest BCUT2D eigenvalue weighted by Crippen LogP contribution is -2.36. The summed E-state index contributed by atoms with van der Waals surface area (Å²) in [5.41, 5.74) is 0.641. The summed E-state index contributed by atoms with van der Waals surface area (Å²) in [7, 11) is -2.82. The van der Waals surface area contributed by atoms with Gasteiger partial charge in [0.2, 0.25) is 0 Å². The number of rotatable bonds is 7. The van der Waals surface area contributed by atoms with Crippen molar-refractivity contribution >= 4 is 22.2 Å². The summed E-state index contributed by atoms with van der Waals surface area (Å²) in [6.07, 6.45) is -0.684. The first-order valence-electron chi connectivity index (χ1n) is 9.57. The second kappa shape index (κ2) is 9.82. The van der Waals surface area contributed by atoms with Crippen molar-refractivity contribution in [1.82, 2.24) is 5.32 Å². The molecule has 0 fully saturated rings. The van der Waals surface area contributed by atoms with E-state index in [1.54, 1.807) is 45.0 Å². The number of carbonyl (C=O) groups is 2. The van der Waals surface area contributed by atoms with E-state index in [1.807, 2.05) is 6.92 Å². The number of aryl methyl sites for hydroxylation is 1. The Morgan fingerprint density at radius 1 is 1.06 bits per heavy atom. The SMILES string of the molecule is COC(=O)C(CNC(=O)OC(C)(C)C)c1cccc(OS(=O)(=O)c2ccc(C)cc2)c1. The summed E-state index contributed by atoms with van der Waals surface area (Å²) in [4.78, 5) is 24.3. The number of hydrogen-bond donors (Lipinski definition) is 1. The number of nitrogens with one attached hydrogen (secondary N) is 1. The molecule has 0 saturated heterocycles. The number of carbonyl (C=O) groups excluding carboxylic acids is 2. The van der Waals surface area contributed by atoms with Gasteiger partial charge in [0.15, 0.2) is 0 Å². The van der Waals surface area contributed by atoms with Gasteiger partial charge >= 0.3 is 22.2 Å². The maximum atomic E-state index is 12.5. The quantitative estimate of drug-likeness (QED) is 0.509. The predicted molar refractivity (Wildman–Crippen MR) is 114 cm³/mol. The number of methoxy groups -OCH3 is 1. The van der Waals surface area contributed by atoms with E-state index in [2.05, 4.69) is 5.32 Å². The zero-order valence-corrected chi connectivity index (χ0v) is 19.0. The van der Waals surface area contributed by atoms with Crippen LogP contribution in [0.15, 0.2) is 53.4 Å². The summed E-state index contributed by atoms with van der Waals surface area (Å²) in [5.74, 6) is -1.46. The van der Waals surface area contributed by atoms with Crippen molar-refractivity contribution in [1.29, 1.82) is 0 Å². The van der Waals surface area contributed by atoms with Crippen LogP contribution in [0.25, 0.3) is 0 Å². The van der Waals surface area contributed by atoms with Crippen LogP contribution in [0, 0.1) is 6.92 Å². The fourth-order valence-electron chi connectivity index (χ4n) is 2.64. The van der Waals surface area contributed by atoms with Crippen LogP contribution in [0.1, 0.15) is 37.8 Å². The third-order valence-corrected chi connectivity index (χ3v) is 5.37. The molecule has 0 aliphatic rings. The standard InChI is InChI=1S/C22H27NO7S/c1-15-9-11-18(12-10-15)31(26,27)30-17-8-6-7-16(13-17)19(20(24)28-5)14-23-21(25)29-22(2,3)4/h6-13,19H,14H2,1-5H3,(H,23,25). The topological polar surface area (TPSA) is 108 Å². The molecule has 2 aromatic carbocycles. The Hall–Kier alpha value is -3.07. The highest BCUT2D eigenvalue weighted by atomic mass is 32.2. The van der Waals surface area contributed by atoms with Crippen LogP contribution in [-0.2, 0) is 24.4 Å². The summed E-state index contributed by atoms with van der Waals surface area (Å²) in [5, 5.41) is 2.53. The molecule has 1 unspecified atom stereocenters. The molecule has 2 aromatic rings. The van der Waals surface area contributed by atoms with E-state index < -0.39 is 33.7 Å². The van der Waals surface area contributed by atoms with Crippen molar-refractivity contribution < 1.29 is 31.7 Å². The highest BCUT2D eigenvalue weighted by molar-refractivity contribution is 7.87. The maximum absolute atomic E-state index is 12.5. The van der Waals surface area contributed by atoms with Crippen LogP contribution in [0.3, 0.4) is 0 Å². The van der Waals surface area contributed by atoms with E-state index in [0.717, 1.165) is 5.56 Å². The van der Waals surface area contributed by atoms with Crippen molar-refractivity contribution in [2.75, 3.05) is 13.7 Å². The molecule has 0 aliphatic heterocycles. The van der Waals surface area contributed by atoms with Crippen LogP contribution >= 0.6 is 0 Å². The average Bonchev–Trinajstić information content (AvgIpc) is 2.66. The van der Waals surface area contributed by atoms with E-state index in [-0.39, 0.29) is 17.2 Å². The lowest BCUT2D eigenvalue weighted by atomic mass is 9.99. The molecule has 1 N–H and O–H groups in total. The summed E-state index contributed by atoms with van der Waals surface area (Å²) in [6, 6.07) is 12.3. The Balaban J connectivity index is 2.21. The molecule has 0 aromatic heterocycles. The molecule has 0 heterocycles. The second-order valence-corrected chi connectivity index (χ2v) is 9.43. The van der Waals surface area contributed by atoms with Gasteiger partial charge in [0, 0.05) is 6.54 Å². The first-order valence-corrected chi connectivity index (χ1v) is 11.0. The monoisotopic (exact) mass is 449 g/mol. The number of hydrogen-bond acceptors (Lipinski definition) is 7. The molecular weight excluding hydrogens is 422 g/mol. The van der Waals surface area contributed by atoms with E-state index in [4.69, 9.17) is 13.7 Å². The molecule has 31 heavy (non-hydrogen) atoms. The lowest BCUT2D eigenvalue weighted by Gasteiger charge is -2.21. The Morgan fingerprint density at radius 3 is 2.29 bits per heavy atom. The maximum Gasteiger partial charge on any atom is 0.407 e. The number of ether oxygens (including phenoxy) is 2. The minimum absolute atomic E-state index is 0.0135. The Bertz CT molecular complexity index is 1020. The number of benzene rings is 2. The van der Waals surface area contributed by atoms with E-state index >= 15 is 0 Å². The van der Waals surface area contributed by atoms with Gasteiger partial charge in [0.25, 0.3) is 0 Å². The average molecular weight is 450 g/mol. The fourth-order valence-corrected chi connectivity index (χ4v) is 3.56. The van der Waals surface area contributed by atoms with Crippen molar-refractivity contribution in [3.05, 3.63) is 59.7 Å². The van der Waals surface area contributed by atoms with Crippen molar-refractivity contribution in [2.45, 2.75) is 44.1 Å². The Kier molecular flexibility index (Phi) is 7.67. The molecule has 9 heteroatoms. The predicted octanol–water partition coefficient (Wildman–Crippen LogP) is 3.54. The minimum atomic E-state index is -4.05. The number of amides is 1. The molecular formula is C22H27NO7S. The first kappa shape index (κ1) is 24.2. The highest BCUT2D eigenvalue weighted by Crippen LogP contribution is 2.25. The number of alkyl carbamates (subject to hydrolysis) is 1. The van der Waals surface area contributed by atoms with Gasteiger partial charge in [-0.25, -0.2) is 4.79 Å². The highest BCUT2D eigenvalue weighted by Gasteiger charge is 2.25. The zero-order valence-electron chi connectivity index (χ0n) is 18.2. The van der Waals surface area contributed by atoms with Gasteiger partial charge in [-0.15, -0.1) is 0 Å². The molecule has 0 aliphatic carbocycles. The molecule has 8 nitrogen and oxygen atoms in total. The van der Waals surface area contributed by atoms with Crippen LogP contribution in [0.5, 0.6) is 5.75 Å². The normalized spacial score (nSPS) is 12.5. The summed E-state index contributed by atoms with van der Waals surface area (Å²) >= 11 is 0. The van der Waals surface area contributed by atoms with Gasteiger partial charge in [-0.1, -0.05) is 29.8 Å². The number of esters is 1. The Labute approximate surface area is 182 Å². The third-order valence-electron chi connectivity index (χ3n) is 4.11. The smallest absolute Gasteiger partial charge is 0.407 e. The van der Waals surface area contributed by atoms with Crippen molar-refractivity contribution in [2.24, 2.45) is 0 Å². The minimum Gasteiger partial charge on any atom is -0.468 e. The lowest BCUT2D eigenvalue weighted by molar-refractivity contribution is -0.142. The largest absolute Gasteiger partial charge is 0.468 e. The molecule has 0 bridgehead atoms. The molecule has 2 rings (SSSR count). The first-order chi connectivity index (χ1) is 14.4. The van der Waals surface area contributed by atoms with Crippen molar-refractivity contribution in [3.63, 3.8) is 0 Å². The van der Waals surface area contributed by atoms with E-state index in [1.165, 1.54) is 31.4 Å². The van der Waals surface area contributed by atoms with Crippen LogP contribution < -0.4 is 9.50 Å². The van der Waals surface area contributed by atoms with Crippen LogP contribution in [0.4, 0.5) is 4.79 Å². The van der Waals surface area contributed by atoms with Gasteiger partial charge < -0.3 is 19.0 Å². The molecule has 1 amide bonds. The summed E-state index contributed by atoms with van der Waals surface area (Å²) < 4.78 is 40.3. The Morgan fingerprint density at radius 2 is 1.71 bits per heavy atom. The second-order valence-electron chi connectivity index (χ2n) is 7.88. The molecule has 168 valence electrons. The summed E-state index contributed by atoms with van der Waals surface area (Å²) in [6.45, 7) is 6.91. The zero-order chi connectivity index (χ0) is 23.2. The van der Waals surface area contributed by atoms with E-state index in [0.29, 0.717) is 5.56 Å². The fraction of sp³-hybridized carbons (Fsp3) is 0.364. The van der Waals surface area contributed by atoms with Gasteiger partial charge in [-0.3, -0.25) is 4.79 Å². The molecule has 0 saturated carbocycles. The van der Waals surface area contributed by atoms with Gasteiger partial charge in [0.05, 0.1) is 13.0 Å².